The molecule has 0 spiro atoms. The first-order valence-corrected chi connectivity index (χ1v) is 3.94. The van der Waals surface area contributed by atoms with Crippen molar-refractivity contribution in [2.45, 2.75) is 39.3 Å². The second-order valence-electron chi connectivity index (χ2n) is 3.30. The van der Waals surface area contributed by atoms with Crippen LogP contribution in [0.5, 0.6) is 0 Å². The highest BCUT2D eigenvalue weighted by Crippen LogP contribution is 2.18. The van der Waals surface area contributed by atoms with E-state index in [1.54, 1.807) is 6.92 Å². The summed E-state index contributed by atoms with van der Waals surface area (Å²) in [6.07, 6.45) is 4.73. The summed E-state index contributed by atoms with van der Waals surface area (Å²) >= 11 is 0. The fraction of sp³-hybridized carbons (Fsp3) is 0.600. The predicted octanol–water partition coefficient (Wildman–Crippen LogP) is 3.65. The van der Waals surface area contributed by atoms with Gasteiger partial charge in [0.2, 0.25) is 0 Å². The van der Waals surface area contributed by atoms with Crippen LogP contribution in [0.3, 0.4) is 0 Å². The molecule has 0 nitrogen and oxygen atoms in total. The number of rotatable bonds is 4. The topological polar surface area (TPSA) is 0 Å². The molecule has 1 atom stereocenters. The molecule has 0 N–H and O–H groups in total. The fourth-order valence-corrected chi connectivity index (χ4v) is 0.745. The molecule has 0 fully saturated rings. The molecule has 1 heteroatoms. The molecule has 0 radical (unpaired) electrons. The van der Waals surface area contributed by atoms with Gasteiger partial charge in [-0.2, -0.15) is 0 Å². The highest BCUT2D eigenvalue weighted by atomic mass is 19.1. The molecular weight excluding hydrogens is 139 g/mol. The molecule has 0 aromatic rings. The van der Waals surface area contributed by atoms with Crippen molar-refractivity contribution in [1.82, 2.24) is 0 Å². The normalized spacial score (nSPS) is 15.3. The molecule has 0 aromatic carbocycles. The first kappa shape index (κ1) is 10.4. The zero-order valence-electron chi connectivity index (χ0n) is 7.65. The maximum Gasteiger partial charge on any atom is 0.126 e. The van der Waals surface area contributed by atoms with Crippen LogP contribution in [0.4, 0.5) is 4.39 Å². The van der Waals surface area contributed by atoms with E-state index >= 15 is 0 Å². The second kappa shape index (κ2) is 4.32. The predicted molar refractivity (Wildman–Crippen MR) is 48.4 cm³/mol. The molecule has 0 aliphatic heterocycles. The van der Waals surface area contributed by atoms with E-state index in [-0.39, 0.29) is 0 Å². The van der Waals surface area contributed by atoms with Gasteiger partial charge in [-0.15, -0.1) is 0 Å². The van der Waals surface area contributed by atoms with Crippen LogP contribution in [-0.4, -0.2) is 5.67 Å². The molecular formula is C10H17F. The number of alkyl halides is 1. The molecule has 0 rings (SSSR count). The van der Waals surface area contributed by atoms with E-state index in [1.165, 1.54) is 11.6 Å². The van der Waals surface area contributed by atoms with Gasteiger partial charge in [0.1, 0.15) is 5.67 Å². The molecule has 64 valence electrons. The van der Waals surface area contributed by atoms with Gasteiger partial charge in [0, 0.05) is 0 Å². The first-order chi connectivity index (χ1) is 4.98. The van der Waals surface area contributed by atoms with Crippen molar-refractivity contribution in [2.24, 2.45) is 0 Å². The summed E-state index contributed by atoms with van der Waals surface area (Å²) in [5, 5.41) is 0. The average Bonchev–Trinajstić information content (AvgIpc) is 1.87. The van der Waals surface area contributed by atoms with Crippen molar-refractivity contribution in [3.63, 3.8) is 0 Å². The lowest BCUT2D eigenvalue weighted by atomic mass is 10.0. The highest BCUT2D eigenvalue weighted by Gasteiger charge is 2.15. The van der Waals surface area contributed by atoms with Crippen LogP contribution in [0.25, 0.3) is 0 Å². The van der Waals surface area contributed by atoms with Crippen molar-refractivity contribution in [3.8, 4) is 0 Å². The quantitative estimate of drug-likeness (QED) is 0.545. The van der Waals surface area contributed by atoms with Gasteiger partial charge in [-0.25, -0.2) is 4.39 Å². The van der Waals surface area contributed by atoms with E-state index in [0.717, 1.165) is 6.42 Å². The van der Waals surface area contributed by atoms with E-state index < -0.39 is 5.67 Å². The smallest absolute Gasteiger partial charge is 0.126 e. The zero-order chi connectivity index (χ0) is 8.91. The number of hydrogen-bond donors (Lipinski definition) is 0. The van der Waals surface area contributed by atoms with Crippen LogP contribution in [0, 0.1) is 0 Å². The van der Waals surface area contributed by atoms with Crippen LogP contribution >= 0.6 is 0 Å². The van der Waals surface area contributed by atoms with Gasteiger partial charge in [-0.3, -0.25) is 0 Å². The van der Waals surface area contributed by atoms with Gasteiger partial charge in [0.25, 0.3) is 0 Å². The summed E-state index contributed by atoms with van der Waals surface area (Å²) < 4.78 is 13.1. The Balaban J connectivity index is 3.71. The van der Waals surface area contributed by atoms with Crippen molar-refractivity contribution >= 4 is 0 Å². The number of halogens is 1. The molecule has 0 amide bonds. The van der Waals surface area contributed by atoms with Crippen molar-refractivity contribution < 1.29 is 4.39 Å². The Morgan fingerprint density at radius 2 is 2.09 bits per heavy atom. The van der Waals surface area contributed by atoms with E-state index in [2.05, 4.69) is 6.58 Å². The van der Waals surface area contributed by atoms with E-state index in [1.807, 2.05) is 19.9 Å². The minimum atomic E-state index is -1.20. The maximum atomic E-state index is 13.1. The van der Waals surface area contributed by atoms with E-state index in [0.29, 0.717) is 6.42 Å². The van der Waals surface area contributed by atoms with Crippen LogP contribution in [0.15, 0.2) is 24.3 Å². The average molecular weight is 156 g/mol. The van der Waals surface area contributed by atoms with Gasteiger partial charge in [-0.05, 0) is 33.6 Å². The monoisotopic (exact) mass is 156 g/mol. The molecule has 0 aliphatic carbocycles. The van der Waals surface area contributed by atoms with Crippen LogP contribution in [0.1, 0.15) is 33.6 Å². The Kier molecular flexibility index (Phi) is 4.09. The fourth-order valence-electron chi connectivity index (χ4n) is 0.745. The number of allylic oxidation sites excluding steroid dienone is 3. The molecule has 0 heterocycles. The summed E-state index contributed by atoms with van der Waals surface area (Å²) in [6, 6.07) is 0. The Bertz CT molecular complexity index is 150. The summed E-state index contributed by atoms with van der Waals surface area (Å²) in [5.41, 5.74) is 0.0382. The molecule has 0 saturated carbocycles. The van der Waals surface area contributed by atoms with E-state index in [9.17, 15) is 4.39 Å². The van der Waals surface area contributed by atoms with Crippen LogP contribution in [0.2, 0.25) is 0 Å². The van der Waals surface area contributed by atoms with E-state index in [4.69, 9.17) is 0 Å². The van der Waals surface area contributed by atoms with Crippen LogP contribution in [-0.2, 0) is 0 Å². The third kappa shape index (κ3) is 5.84. The summed E-state index contributed by atoms with van der Waals surface area (Å²) in [6.45, 7) is 9.02. The van der Waals surface area contributed by atoms with Crippen molar-refractivity contribution in [2.75, 3.05) is 0 Å². The first-order valence-electron chi connectivity index (χ1n) is 3.94. The summed E-state index contributed by atoms with van der Waals surface area (Å²) in [7, 11) is 0. The van der Waals surface area contributed by atoms with Gasteiger partial charge in [0.05, 0.1) is 0 Å². The SMILES string of the molecule is C=CC(C)(F)CCC=C(C)C. The molecule has 0 aliphatic rings. The molecule has 11 heavy (non-hydrogen) atoms. The zero-order valence-corrected chi connectivity index (χ0v) is 7.65. The molecule has 1 unspecified atom stereocenters. The van der Waals surface area contributed by atoms with Gasteiger partial charge < -0.3 is 0 Å². The lowest BCUT2D eigenvalue weighted by Gasteiger charge is -2.13. The summed E-state index contributed by atoms with van der Waals surface area (Å²) in [5.74, 6) is 0. The Labute approximate surface area is 68.8 Å². The number of hydrogen-bond acceptors (Lipinski definition) is 0. The minimum absolute atomic E-state index is 0.529. The largest absolute Gasteiger partial charge is 0.240 e. The van der Waals surface area contributed by atoms with Crippen LogP contribution < -0.4 is 0 Å². The van der Waals surface area contributed by atoms with Crippen molar-refractivity contribution in [1.29, 1.82) is 0 Å². The lowest BCUT2D eigenvalue weighted by molar-refractivity contribution is 0.243. The Hall–Kier alpha value is -0.590. The van der Waals surface area contributed by atoms with Gasteiger partial charge in [-0.1, -0.05) is 24.3 Å². The summed E-state index contributed by atoms with van der Waals surface area (Å²) in [4.78, 5) is 0. The highest BCUT2D eigenvalue weighted by molar-refractivity contribution is 4.98. The Morgan fingerprint density at radius 3 is 2.45 bits per heavy atom. The van der Waals surface area contributed by atoms with Crippen molar-refractivity contribution in [3.05, 3.63) is 24.3 Å². The Morgan fingerprint density at radius 1 is 1.55 bits per heavy atom. The lowest BCUT2D eigenvalue weighted by Crippen LogP contribution is -2.12. The maximum absolute atomic E-state index is 13.1. The molecule has 0 saturated heterocycles. The third-order valence-corrected chi connectivity index (χ3v) is 1.61. The van der Waals surface area contributed by atoms with Gasteiger partial charge in [0.15, 0.2) is 0 Å². The minimum Gasteiger partial charge on any atom is -0.240 e. The molecule has 0 aromatic heterocycles. The second-order valence-corrected chi connectivity index (χ2v) is 3.30. The molecule has 0 bridgehead atoms. The third-order valence-electron chi connectivity index (χ3n) is 1.61. The standard InChI is InChI=1S/C10H17F/c1-5-10(4,11)8-6-7-9(2)3/h5,7H,1,6,8H2,2-4H3. The van der Waals surface area contributed by atoms with Gasteiger partial charge >= 0.3 is 0 Å².